The first-order valence-corrected chi connectivity index (χ1v) is 16.1. The molecular weight excluding hydrogens is 693 g/mol. The van der Waals surface area contributed by atoms with E-state index in [0.29, 0.717) is 17.9 Å². The van der Waals surface area contributed by atoms with E-state index in [4.69, 9.17) is 14.2 Å². The largest absolute Gasteiger partial charge is 0.482 e. The van der Waals surface area contributed by atoms with E-state index in [1.807, 2.05) is 115 Å². The molecule has 0 bridgehead atoms. The van der Waals surface area contributed by atoms with Crippen molar-refractivity contribution in [1.29, 1.82) is 0 Å². The minimum Gasteiger partial charge on any atom is -0.482 e. The van der Waals surface area contributed by atoms with Crippen molar-refractivity contribution in [2.24, 2.45) is 0 Å². The van der Waals surface area contributed by atoms with Crippen LogP contribution in [-0.4, -0.2) is 39.5 Å². The molecule has 0 saturated carbocycles. The number of rotatable bonds is 12. The van der Waals surface area contributed by atoms with Crippen LogP contribution in [0.1, 0.15) is 33.9 Å². The van der Waals surface area contributed by atoms with Crippen molar-refractivity contribution in [3.63, 3.8) is 0 Å². The maximum atomic E-state index is 14.4. The Kier molecular flexibility index (Phi) is 10.2. The van der Waals surface area contributed by atoms with E-state index >= 15 is 0 Å². The molecule has 4 aromatic carbocycles. The molecule has 1 fully saturated rings. The van der Waals surface area contributed by atoms with Crippen molar-refractivity contribution in [3.8, 4) is 11.6 Å². The molecule has 1 saturated heterocycles. The molecule has 0 N–H and O–H groups in total. The summed E-state index contributed by atoms with van der Waals surface area (Å²) >= 11 is 2.23. The van der Waals surface area contributed by atoms with Crippen LogP contribution < -0.4 is 9.47 Å². The lowest BCUT2D eigenvalue weighted by atomic mass is 9.91. The average molecular weight is 726 g/mol. The van der Waals surface area contributed by atoms with E-state index in [1.54, 1.807) is 0 Å². The predicted octanol–water partition coefficient (Wildman–Crippen LogP) is 7.16. The van der Waals surface area contributed by atoms with Crippen molar-refractivity contribution in [1.82, 2.24) is 14.9 Å². The Hall–Kier alpha value is -4.77. The van der Waals surface area contributed by atoms with Crippen LogP contribution in [0.3, 0.4) is 0 Å². The minimum absolute atomic E-state index is 0.134. The zero-order chi connectivity index (χ0) is 31.7. The number of hydrogen-bond donors (Lipinski definition) is 0. The Morgan fingerprint density at radius 1 is 0.804 bits per heavy atom. The number of carbonyl (C=O) groups excluding carboxylic acids is 2. The number of hydrogen-bond acceptors (Lipinski definition) is 7. The topological polar surface area (TPSA) is 90.9 Å². The van der Waals surface area contributed by atoms with E-state index in [-0.39, 0.29) is 38.0 Å². The summed E-state index contributed by atoms with van der Waals surface area (Å²) in [6.07, 6.45) is 1.42. The highest BCUT2D eigenvalue weighted by atomic mass is 127. The third-order valence-corrected chi connectivity index (χ3v) is 8.49. The second kappa shape index (κ2) is 15.0. The summed E-state index contributed by atoms with van der Waals surface area (Å²) in [4.78, 5) is 37.8. The van der Waals surface area contributed by atoms with E-state index in [9.17, 15) is 9.59 Å². The Morgan fingerprint density at radius 2 is 1.39 bits per heavy atom. The highest BCUT2D eigenvalue weighted by Gasteiger charge is 2.41. The van der Waals surface area contributed by atoms with Gasteiger partial charge in [-0.3, -0.25) is 4.79 Å². The molecule has 6 rings (SSSR count). The first-order valence-electron chi connectivity index (χ1n) is 15.0. The zero-order valence-electron chi connectivity index (χ0n) is 25.0. The number of aromatic nitrogens is 2. The number of amides is 2. The summed E-state index contributed by atoms with van der Waals surface area (Å²) in [5.74, 6) is -0.475. The van der Waals surface area contributed by atoms with Gasteiger partial charge in [0.2, 0.25) is 11.7 Å². The van der Waals surface area contributed by atoms with E-state index in [2.05, 4.69) is 32.6 Å². The molecule has 0 unspecified atom stereocenters. The maximum Gasteiger partial charge on any atom is 0.417 e. The summed E-state index contributed by atoms with van der Waals surface area (Å²) in [5.41, 5.74) is 4.20. The van der Waals surface area contributed by atoms with Crippen LogP contribution in [0.25, 0.3) is 0 Å². The van der Waals surface area contributed by atoms with Gasteiger partial charge in [0.25, 0.3) is 5.88 Å². The fraction of sp³-hybridized carbons (Fsp3) is 0.189. The smallest absolute Gasteiger partial charge is 0.417 e. The molecule has 1 aliphatic rings. The van der Waals surface area contributed by atoms with Crippen molar-refractivity contribution < 1.29 is 23.8 Å². The van der Waals surface area contributed by atoms with Crippen LogP contribution >= 0.6 is 22.6 Å². The molecule has 232 valence electrons. The van der Waals surface area contributed by atoms with Gasteiger partial charge in [0, 0.05) is 9.99 Å². The number of cyclic esters (lactones) is 1. The number of imide groups is 1. The average Bonchev–Trinajstić information content (AvgIpc) is 3.46. The zero-order valence-corrected chi connectivity index (χ0v) is 27.2. The third kappa shape index (κ3) is 7.71. The molecular formula is C37H32IN3O5. The highest BCUT2D eigenvalue weighted by Crippen LogP contribution is 2.35. The van der Waals surface area contributed by atoms with Crippen molar-refractivity contribution in [2.45, 2.75) is 38.0 Å². The van der Waals surface area contributed by atoms with Gasteiger partial charge in [-0.1, -0.05) is 103 Å². The molecule has 5 aromatic rings. The number of carbonyl (C=O) groups is 2. The van der Waals surface area contributed by atoms with Gasteiger partial charge in [-0.15, -0.1) is 0 Å². The Bertz CT molecular complexity index is 1760. The first kappa shape index (κ1) is 31.2. The van der Waals surface area contributed by atoms with Crippen LogP contribution in [-0.2, 0) is 35.6 Å². The van der Waals surface area contributed by atoms with Gasteiger partial charge in [0.05, 0.1) is 17.7 Å². The molecule has 0 spiro atoms. The SMILES string of the molecule is O=C1OC[C@H](Cc2ccccc2)N1C(=O)[C@@H](Cc1ncnc(OCc2ccccc2)c1OCc1ccccc1)c1ccc(I)cc1. The second-order valence-corrected chi connectivity index (χ2v) is 12.2. The monoisotopic (exact) mass is 725 g/mol. The Morgan fingerprint density at radius 3 is 2.02 bits per heavy atom. The summed E-state index contributed by atoms with van der Waals surface area (Å²) in [5, 5.41) is 0. The number of halogens is 1. The summed E-state index contributed by atoms with van der Waals surface area (Å²) in [6.45, 7) is 0.664. The highest BCUT2D eigenvalue weighted by molar-refractivity contribution is 14.1. The number of benzene rings is 4. The van der Waals surface area contributed by atoms with Gasteiger partial charge in [-0.05, 0) is 63.4 Å². The fourth-order valence-electron chi connectivity index (χ4n) is 5.41. The number of nitrogens with zero attached hydrogens (tertiary/aromatic N) is 3. The third-order valence-electron chi connectivity index (χ3n) is 7.77. The molecule has 1 aromatic heterocycles. The predicted molar refractivity (Wildman–Crippen MR) is 181 cm³/mol. The van der Waals surface area contributed by atoms with Crippen LogP contribution in [0.5, 0.6) is 11.6 Å². The van der Waals surface area contributed by atoms with Gasteiger partial charge >= 0.3 is 6.09 Å². The normalized spacial score (nSPS) is 14.8. The summed E-state index contributed by atoms with van der Waals surface area (Å²) in [7, 11) is 0. The van der Waals surface area contributed by atoms with Gasteiger partial charge in [0.1, 0.15) is 26.1 Å². The van der Waals surface area contributed by atoms with E-state index < -0.39 is 18.1 Å². The van der Waals surface area contributed by atoms with E-state index in [1.165, 1.54) is 11.2 Å². The molecule has 0 radical (unpaired) electrons. The summed E-state index contributed by atoms with van der Waals surface area (Å²) in [6, 6.07) is 36.6. The van der Waals surface area contributed by atoms with Gasteiger partial charge in [0.15, 0.2) is 0 Å². The maximum absolute atomic E-state index is 14.4. The van der Waals surface area contributed by atoms with Crippen molar-refractivity contribution in [2.75, 3.05) is 6.61 Å². The molecule has 2 atom stereocenters. The van der Waals surface area contributed by atoms with Crippen LogP contribution in [0.2, 0.25) is 0 Å². The number of ether oxygens (including phenoxy) is 3. The molecule has 1 aliphatic heterocycles. The summed E-state index contributed by atoms with van der Waals surface area (Å²) < 4.78 is 19.0. The van der Waals surface area contributed by atoms with Crippen LogP contribution in [0.15, 0.2) is 122 Å². The lowest BCUT2D eigenvalue weighted by Gasteiger charge is -2.26. The Labute approximate surface area is 281 Å². The van der Waals surface area contributed by atoms with Gasteiger partial charge in [-0.2, -0.15) is 4.98 Å². The first-order chi connectivity index (χ1) is 22.5. The molecule has 2 heterocycles. The minimum atomic E-state index is -0.753. The van der Waals surface area contributed by atoms with Gasteiger partial charge in [-0.25, -0.2) is 14.7 Å². The molecule has 46 heavy (non-hydrogen) atoms. The van der Waals surface area contributed by atoms with Gasteiger partial charge < -0.3 is 14.2 Å². The fourth-order valence-corrected chi connectivity index (χ4v) is 5.77. The lowest BCUT2D eigenvalue weighted by molar-refractivity contribution is -0.130. The molecule has 9 heteroatoms. The molecule has 0 aliphatic carbocycles. The van der Waals surface area contributed by atoms with Crippen LogP contribution in [0.4, 0.5) is 4.79 Å². The van der Waals surface area contributed by atoms with E-state index in [0.717, 1.165) is 25.8 Å². The van der Waals surface area contributed by atoms with Crippen molar-refractivity contribution >= 4 is 34.6 Å². The quantitative estimate of drug-likeness (QED) is 0.126. The second-order valence-electron chi connectivity index (χ2n) is 10.9. The Balaban J connectivity index is 1.34. The molecule has 8 nitrogen and oxygen atoms in total. The lowest BCUT2D eigenvalue weighted by Crippen LogP contribution is -2.43. The van der Waals surface area contributed by atoms with Crippen LogP contribution in [0, 0.1) is 3.57 Å². The molecule has 2 amide bonds. The standard InChI is InChI=1S/C37H32IN3O5/c38-30-18-16-29(17-19-30)32(36(42)41-31(24-46-37(41)43)20-26-10-4-1-5-11-26)21-33-34(44-22-27-12-6-2-7-13-27)35(40-25-39-33)45-23-28-14-8-3-9-15-28/h1-19,25,31-32H,20-24H2/t31-,32-/m0/s1. The van der Waals surface area contributed by atoms with Crippen molar-refractivity contribution in [3.05, 3.63) is 153 Å².